The first-order valence-electron chi connectivity index (χ1n) is 5.62. The van der Waals surface area contributed by atoms with Crippen LogP contribution in [0.3, 0.4) is 0 Å². The molecule has 0 aliphatic carbocycles. The molecule has 0 aliphatic rings. The summed E-state index contributed by atoms with van der Waals surface area (Å²) in [6.45, 7) is 0.203. The Morgan fingerprint density at radius 2 is 2.06 bits per heavy atom. The van der Waals surface area contributed by atoms with Crippen molar-refractivity contribution in [2.45, 2.75) is 13.0 Å². The van der Waals surface area contributed by atoms with Gasteiger partial charge in [0.25, 0.3) is 0 Å². The first kappa shape index (κ1) is 12.2. The van der Waals surface area contributed by atoms with Crippen LogP contribution in [-0.2, 0) is 29.6 Å². The van der Waals surface area contributed by atoms with Crippen LogP contribution in [0, 0.1) is 0 Å². The number of esters is 1. The molecule has 0 unspecified atom stereocenters. The number of nitrogen functional groups attached to an aromatic ring is 1. The van der Waals surface area contributed by atoms with Gasteiger partial charge < -0.3 is 10.5 Å². The standard InChI is InChI=1S/C13H15N3O2/c1-16-7-6-12(15-16)9-18-13(17)8-10-2-4-11(14)5-3-10/h2-7H,8-9,14H2,1H3. The fourth-order valence-corrected chi connectivity index (χ4v) is 1.55. The smallest absolute Gasteiger partial charge is 0.310 e. The van der Waals surface area contributed by atoms with Crippen molar-refractivity contribution in [3.05, 3.63) is 47.8 Å². The summed E-state index contributed by atoms with van der Waals surface area (Å²) in [4.78, 5) is 11.6. The van der Waals surface area contributed by atoms with Crippen molar-refractivity contribution in [3.63, 3.8) is 0 Å². The summed E-state index contributed by atoms with van der Waals surface area (Å²) in [6, 6.07) is 8.98. The Labute approximate surface area is 105 Å². The van der Waals surface area contributed by atoms with Crippen LogP contribution in [0.1, 0.15) is 11.3 Å². The van der Waals surface area contributed by atoms with Crippen molar-refractivity contribution < 1.29 is 9.53 Å². The van der Waals surface area contributed by atoms with Crippen LogP contribution in [0.2, 0.25) is 0 Å². The third-order valence-corrected chi connectivity index (χ3v) is 2.48. The van der Waals surface area contributed by atoms with E-state index >= 15 is 0 Å². The average Bonchev–Trinajstić information content (AvgIpc) is 2.76. The van der Waals surface area contributed by atoms with Crippen LogP contribution in [0.5, 0.6) is 0 Å². The van der Waals surface area contributed by atoms with Crippen molar-refractivity contribution in [1.82, 2.24) is 9.78 Å². The van der Waals surface area contributed by atoms with Crippen LogP contribution < -0.4 is 5.73 Å². The van der Waals surface area contributed by atoms with E-state index in [-0.39, 0.29) is 19.0 Å². The lowest BCUT2D eigenvalue weighted by Gasteiger charge is -2.03. The summed E-state index contributed by atoms with van der Waals surface area (Å²) in [5, 5.41) is 4.12. The van der Waals surface area contributed by atoms with Gasteiger partial charge in [0, 0.05) is 18.9 Å². The van der Waals surface area contributed by atoms with Gasteiger partial charge in [0.05, 0.1) is 12.1 Å². The number of rotatable bonds is 4. The molecule has 0 spiro atoms. The number of ether oxygens (including phenoxy) is 1. The highest BCUT2D eigenvalue weighted by Crippen LogP contribution is 2.07. The number of nitrogens with two attached hydrogens (primary N) is 1. The molecule has 0 amide bonds. The molecular weight excluding hydrogens is 230 g/mol. The molecule has 0 radical (unpaired) electrons. The maximum atomic E-state index is 11.6. The van der Waals surface area contributed by atoms with Crippen molar-refractivity contribution in [2.24, 2.45) is 7.05 Å². The number of hydrogen-bond acceptors (Lipinski definition) is 4. The predicted octanol–water partition coefficient (Wildman–Crippen LogP) is 1.29. The maximum Gasteiger partial charge on any atom is 0.310 e. The summed E-state index contributed by atoms with van der Waals surface area (Å²) in [5.41, 5.74) is 7.87. The Bertz CT molecular complexity index is 531. The van der Waals surface area contributed by atoms with E-state index in [1.54, 1.807) is 16.8 Å². The minimum Gasteiger partial charge on any atom is -0.459 e. The van der Waals surface area contributed by atoms with Gasteiger partial charge in [-0.15, -0.1) is 0 Å². The topological polar surface area (TPSA) is 70.1 Å². The minimum absolute atomic E-state index is 0.203. The van der Waals surface area contributed by atoms with Gasteiger partial charge in [-0.05, 0) is 23.8 Å². The molecule has 0 aliphatic heterocycles. The fourth-order valence-electron chi connectivity index (χ4n) is 1.55. The van der Waals surface area contributed by atoms with Gasteiger partial charge >= 0.3 is 5.97 Å². The zero-order valence-electron chi connectivity index (χ0n) is 10.2. The highest BCUT2D eigenvalue weighted by Gasteiger charge is 2.06. The van der Waals surface area contributed by atoms with E-state index in [0.717, 1.165) is 11.3 Å². The van der Waals surface area contributed by atoms with Crippen molar-refractivity contribution in [3.8, 4) is 0 Å². The molecule has 1 aromatic carbocycles. The molecule has 2 aromatic rings. The largest absolute Gasteiger partial charge is 0.459 e. The van der Waals surface area contributed by atoms with E-state index in [4.69, 9.17) is 10.5 Å². The van der Waals surface area contributed by atoms with Gasteiger partial charge in [0.2, 0.25) is 0 Å². The Kier molecular flexibility index (Phi) is 3.62. The van der Waals surface area contributed by atoms with E-state index in [2.05, 4.69) is 5.10 Å². The molecule has 0 bridgehead atoms. The fraction of sp³-hybridized carbons (Fsp3) is 0.231. The molecule has 5 nitrogen and oxygen atoms in total. The van der Waals surface area contributed by atoms with Gasteiger partial charge in [0.15, 0.2) is 0 Å². The summed E-state index contributed by atoms with van der Waals surface area (Å²) >= 11 is 0. The third kappa shape index (κ3) is 3.35. The molecule has 18 heavy (non-hydrogen) atoms. The predicted molar refractivity (Wildman–Crippen MR) is 67.6 cm³/mol. The van der Waals surface area contributed by atoms with Crippen LogP contribution in [0.4, 0.5) is 5.69 Å². The highest BCUT2D eigenvalue weighted by molar-refractivity contribution is 5.72. The second-order valence-corrected chi connectivity index (χ2v) is 4.06. The van der Waals surface area contributed by atoms with E-state index in [1.807, 2.05) is 31.4 Å². The maximum absolute atomic E-state index is 11.6. The van der Waals surface area contributed by atoms with Gasteiger partial charge in [-0.25, -0.2) is 0 Å². The molecule has 94 valence electrons. The number of aryl methyl sites for hydroxylation is 1. The second kappa shape index (κ2) is 5.35. The van der Waals surface area contributed by atoms with E-state index in [0.29, 0.717) is 5.69 Å². The monoisotopic (exact) mass is 245 g/mol. The van der Waals surface area contributed by atoms with E-state index in [1.165, 1.54) is 0 Å². The van der Waals surface area contributed by atoms with Crippen LogP contribution in [0.25, 0.3) is 0 Å². The number of benzene rings is 1. The Morgan fingerprint density at radius 3 is 2.67 bits per heavy atom. The van der Waals surface area contributed by atoms with Crippen LogP contribution in [0.15, 0.2) is 36.5 Å². The van der Waals surface area contributed by atoms with Gasteiger partial charge in [-0.1, -0.05) is 12.1 Å². The summed E-state index contributed by atoms with van der Waals surface area (Å²) in [5.74, 6) is -0.273. The SMILES string of the molecule is Cn1ccc(COC(=O)Cc2ccc(N)cc2)n1. The summed E-state index contributed by atoms with van der Waals surface area (Å²) in [6.07, 6.45) is 2.05. The molecule has 2 N–H and O–H groups in total. The van der Waals surface area contributed by atoms with Crippen molar-refractivity contribution >= 4 is 11.7 Å². The van der Waals surface area contributed by atoms with Crippen LogP contribution >= 0.6 is 0 Å². The van der Waals surface area contributed by atoms with Crippen LogP contribution in [-0.4, -0.2) is 15.7 Å². The molecule has 0 fully saturated rings. The lowest BCUT2D eigenvalue weighted by molar-refractivity contribution is -0.144. The molecule has 0 saturated heterocycles. The van der Waals surface area contributed by atoms with E-state index in [9.17, 15) is 4.79 Å². The molecule has 2 rings (SSSR count). The molecule has 0 saturated carbocycles. The summed E-state index contributed by atoms with van der Waals surface area (Å²) < 4.78 is 6.80. The Balaban J connectivity index is 1.83. The van der Waals surface area contributed by atoms with Crippen molar-refractivity contribution in [1.29, 1.82) is 0 Å². The zero-order chi connectivity index (χ0) is 13.0. The minimum atomic E-state index is -0.273. The van der Waals surface area contributed by atoms with Gasteiger partial charge in [0.1, 0.15) is 6.61 Å². The number of nitrogens with zero attached hydrogens (tertiary/aromatic N) is 2. The average molecular weight is 245 g/mol. The second-order valence-electron chi connectivity index (χ2n) is 4.06. The molecule has 0 atom stereocenters. The molecule has 1 aromatic heterocycles. The van der Waals surface area contributed by atoms with Crippen molar-refractivity contribution in [2.75, 3.05) is 5.73 Å². The number of carbonyl (C=O) groups is 1. The van der Waals surface area contributed by atoms with Gasteiger partial charge in [-0.2, -0.15) is 5.10 Å². The Morgan fingerprint density at radius 1 is 1.33 bits per heavy atom. The number of hydrogen-bond donors (Lipinski definition) is 1. The first-order chi connectivity index (χ1) is 8.63. The number of carbonyl (C=O) groups excluding carboxylic acids is 1. The molecule has 1 heterocycles. The zero-order valence-corrected chi connectivity index (χ0v) is 10.2. The number of anilines is 1. The molecule has 5 heteroatoms. The third-order valence-electron chi connectivity index (χ3n) is 2.48. The highest BCUT2D eigenvalue weighted by atomic mass is 16.5. The number of aromatic nitrogens is 2. The lowest BCUT2D eigenvalue weighted by atomic mass is 10.1. The molecular formula is C13H15N3O2. The van der Waals surface area contributed by atoms with E-state index < -0.39 is 0 Å². The first-order valence-corrected chi connectivity index (χ1v) is 5.62. The summed E-state index contributed by atoms with van der Waals surface area (Å²) in [7, 11) is 1.82. The Hall–Kier alpha value is -2.30. The van der Waals surface area contributed by atoms with Gasteiger partial charge in [-0.3, -0.25) is 9.48 Å². The quantitative estimate of drug-likeness (QED) is 0.651. The normalized spacial score (nSPS) is 10.3. The lowest BCUT2D eigenvalue weighted by Crippen LogP contribution is -2.08.